The molecule has 1 atom stereocenters. The summed E-state index contributed by atoms with van der Waals surface area (Å²) in [5, 5.41) is 3.04. The second-order valence-electron chi connectivity index (χ2n) is 6.31. The zero-order valence-corrected chi connectivity index (χ0v) is 14.7. The predicted octanol–water partition coefficient (Wildman–Crippen LogP) is 2.33. The standard InChI is InChI=1S/C19H24N4O2/c1-14-9-10-20-19(22-14)23-11-5-7-16(13-23)18(24)21-12-15-6-3-4-8-17(15)25-2/h3-4,6,8-10,16H,5,7,11-13H2,1-2H3,(H,21,24)/t16-/m1/s1. The lowest BCUT2D eigenvalue weighted by molar-refractivity contribution is -0.125. The van der Waals surface area contributed by atoms with Gasteiger partial charge in [-0.3, -0.25) is 4.79 Å². The number of ether oxygens (including phenoxy) is 1. The zero-order valence-electron chi connectivity index (χ0n) is 14.7. The molecule has 0 saturated carbocycles. The number of carbonyl (C=O) groups excluding carboxylic acids is 1. The van der Waals surface area contributed by atoms with E-state index in [-0.39, 0.29) is 11.8 Å². The third-order valence-corrected chi connectivity index (χ3v) is 4.50. The van der Waals surface area contributed by atoms with Crippen molar-refractivity contribution in [1.82, 2.24) is 15.3 Å². The third kappa shape index (κ3) is 4.26. The van der Waals surface area contributed by atoms with E-state index < -0.39 is 0 Å². The molecule has 1 aromatic heterocycles. The molecular formula is C19H24N4O2. The van der Waals surface area contributed by atoms with Crippen LogP contribution in [0, 0.1) is 12.8 Å². The molecule has 2 aromatic rings. The summed E-state index contributed by atoms with van der Waals surface area (Å²) >= 11 is 0. The number of methoxy groups -OCH3 is 1. The van der Waals surface area contributed by atoms with E-state index in [1.54, 1.807) is 13.3 Å². The number of anilines is 1. The van der Waals surface area contributed by atoms with Crippen LogP contribution in [0.2, 0.25) is 0 Å². The summed E-state index contributed by atoms with van der Waals surface area (Å²) in [4.78, 5) is 23.5. The number of amides is 1. The monoisotopic (exact) mass is 340 g/mol. The summed E-state index contributed by atoms with van der Waals surface area (Å²) in [6.45, 7) is 3.97. The van der Waals surface area contributed by atoms with Crippen molar-refractivity contribution in [1.29, 1.82) is 0 Å². The number of aromatic nitrogens is 2. The second-order valence-corrected chi connectivity index (χ2v) is 6.31. The third-order valence-electron chi connectivity index (χ3n) is 4.50. The van der Waals surface area contributed by atoms with Gasteiger partial charge in [0.15, 0.2) is 0 Å². The van der Waals surface area contributed by atoms with Gasteiger partial charge < -0.3 is 15.0 Å². The Morgan fingerprint density at radius 3 is 3.00 bits per heavy atom. The molecule has 0 aliphatic carbocycles. The molecule has 1 aliphatic heterocycles. The van der Waals surface area contributed by atoms with Gasteiger partial charge in [-0.1, -0.05) is 18.2 Å². The first-order valence-corrected chi connectivity index (χ1v) is 8.61. The molecule has 6 heteroatoms. The highest BCUT2D eigenvalue weighted by atomic mass is 16.5. The fraction of sp³-hybridized carbons (Fsp3) is 0.421. The number of para-hydroxylation sites is 1. The van der Waals surface area contributed by atoms with E-state index in [0.29, 0.717) is 19.0 Å². The molecule has 0 unspecified atom stereocenters. The van der Waals surface area contributed by atoms with Crippen LogP contribution in [0.3, 0.4) is 0 Å². The SMILES string of the molecule is COc1ccccc1CNC(=O)[C@@H]1CCCN(c2nccc(C)n2)C1. The van der Waals surface area contributed by atoms with Gasteiger partial charge in [0.05, 0.1) is 13.0 Å². The number of nitrogens with one attached hydrogen (secondary N) is 1. The summed E-state index contributed by atoms with van der Waals surface area (Å²) in [6.07, 6.45) is 3.62. The summed E-state index contributed by atoms with van der Waals surface area (Å²) in [6, 6.07) is 9.61. The number of piperidine rings is 1. The Labute approximate surface area is 148 Å². The van der Waals surface area contributed by atoms with E-state index in [4.69, 9.17) is 4.74 Å². The number of aryl methyl sites for hydroxylation is 1. The van der Waals surface area contributed by atoms with Gasteiger partial charge in [-0.2, -0.15) is 0 Å². The summed E-state index contributed by atoms with van der Waals surface area (Å²) in [7, 11) is 1.64. The highest BCUT2D eigenvalue weighted by molar-refractivity contribution is 5.79. The fourth-order valence-electron chi connectivity index (χ4n) is 3.14. The topological polar surface area (TPSA) is 67.3 Å². The Balaban J connectivity index is 1.60. The lowest BCUT2D eigenvalue weighted by Gasteiger charge is -2.32. The van der Waals surface area contributed by atoms with Crippen LogP contribution >= 0.6 is 0 Å². The Kier molecular flexibility index (Phi) is 5.48. The van der Waals surface area contributed by atoms with Gasteiger partial charge in [-0.15, -0.1) is 0 Å². The smallest absolute Gasteiger partial charge is 0.225 e. The van der Waals surface area contributed by atoms with Gasteiger partial charge in [0.1, 0.15) is 5.75 Å². The molecule has 1 aliphatic rings. The van der Waals surface area contributed by atoms with E-state index >= 15 is 0 Å². The molecule has 3 rings (SSSR count). The minimum atomic E-state index is -0.0485. The Morgan fingerprint density at radius 1 is 1.36 bits per heavy atom. The van der Waals surface area contributed by atoms with Gasteiger partial charge in [0, 0.05) is 37.1 Å². The Bertz CT molecular complexity index is 735. The Morgan fingerprint density at radius 2 is 2.20 bits per heavy atom. The highest BCUT2D eigenvalue weighted by Gasteiger charge is 2.27. The molecule has 0 radical (unpaired) electrons. The van der Waals surface area contributed by atoms with Gasteiger partial charge in [-0.25, -0.2) is 9.97 Å². The van der Waals surface area contributed by atoms with E-state index in [1.807, 2.05) is 37.3 Å². The van der Waals surface area contributed by atoms with E-state index in [9.17, 15) is 4.79 Å². The highest BCUT2D eigenvalue weighted by Crippen LogP contribution is 2.21. The molecule has 2 heterocycles. The van der Waals surface area contributed by atoms with Gasteiger partial charge in [0.2, 0.25) is 11.9 Å². The van der Waals surface area contributed by atoms with Crippen LogP contribution in [0.5, 0.6) is 5.75 Å². The van der Waals surface area contributed by atoms with Crippen molar-refractivity contribution in [3.8, 4) is 5.75 Å². The van der Waals surface area contributed by atoms with Crippen LogP contribution in [0.15, 0.2) is 36.5 Å². The molecule has 6 nitrogen and oxygen atoms in total. The van der Waals surface area contributed by atoms with Crippen molar-refractivity contribution < 1.29 is 9.53 Å². The zero-order chi connectivity index (χ0) is 17.6. The maximum Gasteiger partial charge on any atom is 0.225 e. The fourth-order valence-corrected chi connectivity index (χ4v) is 3.14. The average molecular weight is 340 g/mol. The number of hydrogen-bond donors (Lipinski definition) is 1. The normalized spacial score (nSPS) is 17.2. The maximum atomic E-state index is 12.6. The van der Waals surface area contributed by atoms with Crippen molar-refractivity contribution in [3.63, 3.8) is 0 Å². The van der Waals surface area contributed by atoms with Crippen LogP contribution in [-0.2, 0) is 11.3 Å². The molecule has 1 N–H and O–H groups in total. The van der Waals surface area contributed by atoms with E-state index in [0.717, 1.165) is 36.4 Å². The van der Waals surface area contributed by atoms with Gasteiger partial charge in [0.25, 0.3) is 0 Å². The summed E-state index contributed by atoms with van der Waals surface area (Å²) in [5.41, 5.74) is 1.92. The molecule has 0 spiro atoms. The van der Waals surface area contributed by atoms with E-state index in [2.05, 4.69) is 20.2 Å². The first kappa shape index (κ1) is 17.2. The number of nitrogens with zero attached hydrogens (tertiary/aromatic N) is 3. The molecular weight excluding hydrogens is 316 g/mol. The number of carbonyl (C=O) groups is 1. The molecule has 1 aromatic carbocycles. The van der Waals surface area contributed by atoms with Crippen LogP contribution in [0.25, 0.3) is 0 Å². The van der Waals surface area contributed by atoms with Gasteiger partial charge >= 0.3 is 0 Å². The van der Waals surface area contributed by atoms with Crippen molar-refractivity contribution in [2.45, 2.75) is 26.3 Å². The predicted molar refractivity (Wildman–Crippen MR) is 96.5 cm³/mol. The number of rotatable bonds is 5. The second kappa shape index (κ2) is 7.96. The van der Waals surface area contributed by atoms with Crippen molar-refractivity contribution in [3.05, 3.63) is 47.8 Å². The van der Waals surface area contributed by atoms with Gasteiger partial charge in [-0.05, 0) is 31.9 Å². The lowest BCUT2D eigenvalue weighted by Crippen LogP contribution is -2.43. The van der Waals surface area contributed by atoms with Crippen molar-refractivity contribution in [2.75, 3.05) is 25.1 Å². The summed E-state index contributed by atoms with van der Waals surface area (Å²) < 4.78 is 5.33. The first-order valence-electron chi connectivity index (χ1n) is 8.61. The molecule has 1 saturated heterocycles. The minimum absolute atomic E-state index is 0.0485. The number of hydrogen-bond acceptors (Lipinski definition) is 5. The van der Waals surface area contributed by atoms with Crippen molar-refractivity contribution >= 4 is 11.9 Å². The molecule has 132 valence electrons. The van der Waals surface area contributed by atoms with Crippen LogP contribution in [-0.4, -0.2) is 36.1 Å². The van der Waals surface area contributed by atoms with E-state index in [1.165, 1.54) is 0 Å². The molecule has 1 fully saturated rings. The minimum Gasteiger partial charge on any atom is -0.496 e. The first-order chi connectivity index (χ1) is 12.2. The maximum absolute atomic E-state index is 12.6. The molecule has 25 heavy (non-hydrogen) atoms. The largest absolute Gasteiger partial charge is 0.496 e. The average Bonchev–Trinajstić information content (AvgIpc) is 2.66. The quantitative estimate of drug-likeness (QED) is 0.905. The van der Waals surface area contributed by atoms with Crippen LogP contribution in [0.4, 0.5) is 5.95 Å². The number of benzene rings is 1. The van der Waals surface area contributed by atoms with Crippen LogP contribution < -0.4 is 15.0 Å². The summed E-state index contributed by atoms with van der Waals surface area (Å²) in [5.74, 6) is 1.53. The molecule has 1 amide bonds. The Hall–Kier alpha value is -2.63. The van der Waals surface area contributed by atoms with Crippen LogP contribution in [0.1, 0.15) is 24.1 Å². The lowest BCUT2D eigenvalue weighted by atomic mass is 9.97. The van der Waals surface area contributed by atoms with Crippen molar-refractivity contribution in [2.24, 2.45) is 5.92 Å². The molecule has 0 bridgehead atoms.